The van der Waals surface area contributed by atoms with Gasteiger partial charge in [-0.05, 0) is 37.0 Å². The molecule has 0 rings (SSSR count). The maximum atomic E-state index is 15.8. The number of unbranched alkanes of at least 4 members (excludes halogenated alkanes) is 13. The normalized spacial score (nSPS) is 13.4. The van der Waals surface area contributed by atoms with Gasteiger partial charge < -0.3 is 4.11 Å². The van der Waals surface area contributed by atoms with Gasteiger partial charge in [0.05, 0.1) is 12.8 Å². The summed E-state index contributed by atoms with van der Waals surface area (Å²) < 4.78 is 41.6. The predicted molar refractivity (Wildman–Crippen MR) is 145 cm³/mol. The average molecular weight is 495 g/mol. The van der Waals surface area contributed by atoms with Crippen LogP contribution >= 0.6 is 0 Å². The van der Waals surface area contributed by atoms with Crippen LogP contribution in [0.15, 0.2) is 0 Å². The molecule has 0 aliphatic heterocycles. The molecular formula is C27H57F3Si2. The number of hydrogen-bond donors (Lipinski definition) is 0. The van der Waals surface area contributed by atoms with Crippen LogP contribution in [0.5, 0.6) is 0 Å². The van der Waals surface area contributed by atoms with Crippen molar-refractivity contribution in [1.29, 1.82) is 0 Å². The highest BCUT2D eigenvalue weighted by atomic mass is 28.4. The van der Waals surface area contributed by atoms with Crippen molar-refractivity contribution < 1.29 is 12.9 Å². The molecule has 0 nitrogen and oxygen atoms in total. The molecule has 0 aliphatic rings. The summed E-state index contributed by atoms with van der Waals surface area (Å²) in [5, 5.41) is 0. The summed E-state index contributed by atoms with van der Waals surface area (Å²) in [6.07, 6.45) is 19.2. The minimum absolute atomic E-state index is 0.268. The standard InChI is InChI=1S/C27H57F3Si2/c1-3-5-7-10-17-23-32(30,24-18-11-8-6-4-2)25-19-12-9-16-22-31-26-27(29)20-14-13-15-21-28/h27H,3-26,31H2,1-2H3. The molecule has 5 heteroatoms. The van der Waals surface area contributed by atoms with Gasteiger partial charge in [-0.15, -0.1) is 0 Å². The van der Waals surface area contributed by atoms with Crippen molar-refractivity contribution >= 4 is 17.9 Å². The number of rotatable bonds is 26. The molecule has 194 valence electrons. The Morgan fingerprint density at radius 3 is 1.59 bits per heavy atom. The van der Waals surface area contributed by atoms with Gasteiger partial charge in [0.15, 0.2) is 0 Å². The minimum atomic E-state index is -2.54. The lowest BCUT2D eigenvalue weighted by Gasteiger charge is -2.23. The molecule has 0 heterocycles. The van der Waals surface area contributed by atoms with E-state index >= 15 is 4.11 Å². The first kappa shape index (κ1) is 32.2. The SMILES string of the molecule is CCCCCCC[Si](F)(CCCCCCC)CCCCCC[SiH2]CC(F)CCCCCF. The zero-order valence-corrected chi connectivity index (χ0v) is 24.3. The molecule has 0 bridgehead atoms. The summed E-state index contributed by atoms with van der Waals surface area (Å²) >= 11 is 0. The van der Waals surface area contributed by atoms with E-state index in [1.165, 1.54) is 76.7 Å². The second-order valence-corrected chi connectivity index (χ2v) is 16.1. The van der Waals surface area contributed by atoms with E-state index in [9.17, 15) is 8.78 Å². The van der Waals surface area contributed by atoms with Crippen LogP contribution in [0.1, 0.15) is 129 Å². The predicted octanol–water partition coefficient (Wildman–Crippen LogP) is 10.3. The van der Waals surface area contributed by atoms with Crippen molar-refractivity contribution in [3.8, 4) is 0 Å². The molecule has 0 aromatic rings. The molecule has 0 radical (unpaired) electrons. The highest BCUT2D eigenvalue weighted by Crippen LogP contribution is 2.31. The Morgan fingerprint density at radius 2 is 1.09 bits per heavy atom. The monoisotopic (exact) mass is 494 g/mol. The quantitative estimate of drug-likeness (QED) is 0.0637. The van der Waals surface area contributed by atoms with E-state index in [-0.39, 0.29) is 16.2 Å². The molecule has 0 N–H and O–H groups in total. The van der Waals surface area contributed by atoms with Gasteiger partial charge in [-0.1, -0.05) is 123 Å². The molecule has 0 amide bonds. The molecule has 0 saturated carbocycles. The lowest BCUT2D eigenvalue weighted by atomic mass is 10.1. The third kappa shape index (κ3) is 22.0. The van der Waals surface area contributed by atoms with Crippen LogP contribution in [-0.4, -0.2) is 30.8 Å². The summed E-state index contributed by atoms with van der Waals surface area (Å²) in [6.45, 7) is 4.20. The van der Waals surface area contributed by atoms with Gasteiger partial charge in [0.25, 0.3) is 0 Å². The first-order chi connectivity index (χ1) is 15.6. The number of hydrogen-bond acceptors (Lipinski definition) is 0. The summed E-state index contributed by atoms with van der Waals surface area (Å²) in [5.74, 6) is 0. The molecule has 0 fully saturated rings. The summed E-state index contributed by atoms with van der Waals surface area (Å²) in [7, 11) is -2.83. The lowest BCUT2D eigenvalue weighted by molar-refractivity contribution is 0.326. The van der Waals surface area contributed by atoms with Crippen LogP contribution in [-0.2, 0) is 0 Å². The van der Waals surface area contributed by atoms with Gasteiger partial charge in [-0.2, -0.15) is 0 Å². The second kappa shape index (κ2) is 24.4. The molecule has 1 unspecified atom stereocenters. The lowest BCUT2D eigenvalue weighted by Crippen LogP contribution is -2.28. The molecule has 0 aromatic carbocycles. The van der Waals surface area contributed by atoms with Crippen LogP contribution in [0.2, 0.25) is 30.2 Å². The van der Waals surface area contributed by atoms with Gasteiger partial charge in [0, 0.05) is 9.52 Å². The first-order valence-electron chi connectivity index (χ1n) is 14.5. The van der Waals surface area contributed by atoms with Crippen LogP contribution in [0.3, 0.4) is 0 Å². The van der Waals surface area contributed by atoms with E-state index in [1.807, 2.05) is 0 Å². The Morgan fingerprint density at radius 1 is 0.625 bits per heavy atom. The molecular weight excluding hydrogens is 437 g/mol. The smallest absolute Gasteiger partial charge is 0.247 e. The number of alkyl halides is 2. The number of halogens is 3. The zero-order valence-electron chi connectivity index (χ0n) is 21.9. The Balaban J connectivity index is 3.90. The molecule has 32 heavy (non-hydrogen) atoms. The van der Waals surface area contributed by atoms with Crippen molar-refractivity contribution in [2.24, 2.45) is 0 Å². The highest BCUT2D eigenvalue weighted by Gasteiger charge is 2.32. The van der Waals surface area contributed by atoms with Crippen molar-refractivity contribution in [3.63, 3.8) is 0 Å². The van der Waals surface area contributed by atoms with Gasteiger partial charge in [-0.25, -0.2) is 4.39 Å². The molecule has 1 atom stereocenters. The van der Waals surface area contributed by atoms with Crippen LogP contribution in [0, 0.1) is 0 Å². The van der Waals surface area contributed by atoms with E-state index in [0.29, 0.717) is 12.8 Å². The largest absolute Gasteiger partial charge is 0.314 e. The van der Waals surface area contributed by atoms with Gasteiger partial charge in [0.1, 0.15) is 0 Å². The van der Waals surface area contributed by atoms with Gasteiger partial charge in [0.2, 0.25) is 8.41 Å². The highest BCUT2D eigenvalue weighted by molar-refractivity contribution is 6.73. The summed E-state index contributed by atoms with van der Waals surface area (Å²) in [6, 6.07) is 4.73. The van der Waals surface area contributed by atoms with Crippen molar-refractivity contribution in [1.82, 2.24) is 0 Å². The third-order valence-electron chi connectivity index (χ3n) is 7.00. The van der Waals surface area contributed by atoms with E-state index in [2.05, 4.69) is 13.8 Å². The summed E-state index contributed by atoms with van der Waals surface area (Å²) in [5.41, 5.74) is 0. The Labute approximate surface area is 203 Å². The minimum Gasteiger partial charge on any atom is -0.314 e. The molecule has 0 saturated heterocycles. The Bertz CT molecular complexity index is 355. The fourth-order valence-corrected chi connectivity index (χ4v) is 9.89. The topological polar surface area (TPSA) is 0 Å². The van der Waals surface area contributed by atoms with Crippen LogP contribution < -0.4 is 0 Å². The van der Waals surface area contributed by atoms with E-state index < -0.39 is 14.6 Å². The first-order valence-corrected chi connectivity index (χ1v) is 19.0. The van der Waals surface area contributed by atoms with Crippen molar-refractivity contribution in [3.05, 3.63) is 0 Å². The van der Waals surface area contributed by atoms with Gasteiger partial charge in [-0.3, -0.25) is 4.39 Å². The maximum absolute atomic E-state index is 15.8. The Hall–Kier alpha value is 0.224. The van der Waals surface area contributed by atoms with Crippen LogP contribution in [0.25, 0.3) is 0 Å². The van der Waals surface area contributed by atoms with E-state index in [0.717, 1.165) is 56.3 Å². The summed E-state index contributed by atoms with van der Waals surface area (Å²) in [4.78, 5) is 0. The fraction of sp³-hybridized carbons (Fsp3) is 1.00. The van der Waals surface area contributed by atoms with Crippen molar-refractivity contribution in [2.75, 3.05) is 6.67 Å². The maximum Gasteiger partial charge on any atom is 0.247 e. The molecule has 0 spiro atoms. The average Bonchev–Trinajstić information content (AvgIpc) is 2.78. The Kier molecular flexibility index (Phi) is 24.5. The van der Waals surface area contributed by atoms with Gasteiger partial charge >= 0.3 is 0 Å². The zero-order chi connectivity index (χ0) is 23.8. The van der Waals surface area contributed by atoms with Crippen molar-refractivity contribution in [2.45, 2.75) is 166 Å². The molecule has 0 aliphatic carbocycles. The van der Waals surface area contributed by atoms with E-state index in [1.54, 1.807) is 0 Å². The van der Waals surface area contributed by atoms with E-state index in [4.69, 9.17) is 0 Å². The third-order valence-corrected chi connectivity index (χ3v) is 12.8. The second-order valence-electron chi connectivity index (χ2n) is 10.3. The molecule has 0 aromatic heterocycles. The van der Waals surface area contributed by atoms with Crippen LogP contribution in [0.4, 0.5) is 12.9 Å². The fourth-order valence-electron chi connectivity index (χ4n) is 4.76.